The van der Waals surface area contributed by atoms with Crippen LogP contribution in [0.5, 0.6) is 0 Å². The van der Waals surface area contributed by atoms with Gasteiger partial charge in [-0.05, 0) is 24.7 Å². The van der Waals surface area contributed by atoms with E-state index in [1.54, 1.807) is 6.33 Å². The second-order valence-corrected chi connectivity index (χ2v) is 2.95. The van der Waals surface area contributed by atoms with Crippen LogP contribution in [0, 0.1) is 0 Å². The fourth-order valence-electron chi connectivity index (χ4n) is 1.31. The average molecular weight is 176 g/mol. The van der Waals surface area contributed by atoms with Gasteiger partial charge in [-0.3, -0.25) is 0 Å². The van der Waals surface area contributed by atoms with E-state index in [9.17, 15) is 0 Å². The number of benzene rings is 1. The van der Waals surface area contributed by atoms with Gasteiger partial charge in [0.1, 0.15) is 0 Å². The number of aromatic amines is 1. The van der Waals surface area contributed by atoms with Crippen molar-refractivity contribution < 1.29 is 0 Å². The molecular weight excluding hydrogens is 164 g/mol. The number of H-pyrrole nitrogens is 1. The van der Waals surface area contributed by atoms with Crippen molar-refractivity contribution in [2.45, 2.75) is 6.17 Å². The number of rotatable bonds is 2. The van der Waals surface area contributed by atoms with E-state index >= 15 is 0 Å². The van der Waals surface area contributed by atoms with Gasteiger partial charge in [-0.25, -0.2) is 4.98 Å². The molecule has 13 heavy (non-hydrogen) atoms. The number of nitrogens with one attached hydrogen (secondary N) is 2. The summed E-state index contributed by atoms with van der Waals surface area (Å²) in [5, 5.41) is 2.98. The van der Waals surface area contributed by atoms with Crippen LogP contribution in [0.25, 0.3) is 11.0 Å². The van der Waals surface area contributed by atoms with Gasteiger partial charge in [0.25, 0.3) is 0 Å². The van der Waals surface area contributed by atoms with Crippen LogP contribution in [0.1, 0.15) is 11.7 Å². The second kappa shape index (κ2) is 3.16. The Kier molecular flexibility index (Phi) is 2.00. The summed E-state index contributed by atoms with van der Waals surface area (Å²) in [5.74, 6) is 0. The quantitative estimate of drug-likeness (QED) is 0.591. The molecule has 1 unspecified atom stereocenters. The summed E-state index contributed by atoms with van der Waals surface area (Å²) in [4.78, 5) is 7.17. The Balaban J connectivity index is 2.48. The van der Waals surface area contributed by atoms with Crippen LogP contribution in [-0.2, 0) is 0 Å². The third-order valence-electron chi connectivity index (χ3n) is 2.11. The molecule has 4 heteroatoms. The highest BCUT2D eigenvalue weighted by atomic mass is 15.0. The molecule has 1 atom stereocenters. The molecule has 0 radical (unpaired) electrons. The molecule has 4 N–H and O–H groups in total. The van der Waals surface area contributed by atoms with Gasteiger partial charge in [-0.2, -0.15) is 0 Å². The summed E-state index contributed by atoms with van der Waals surface area (Å²) < 4.78 is 0. The molecule has 2 aromatic rings. The number of hydrogen-bond donors (Lipinski definition) is 3. The van der Waals surface area contributed by atoms with Gasteiger partial charge in [-0.1, -0.05) is 6.07 Å². The molecule has 0 spiro atoms. The van der Waals surface area contributed by atoms with Crippen molar-refractivity contribution in [3.63, 3.8) is 0 Å². The maximum absolute atomic E-state index is 5.81. The Morgan fingerprint density at radius 3 is 3.15 bits per heavy atom. The predicted octanol–water partition coefficient (Wildman–Crippen LogP) is 0.740. The van der Waals surface area contributed by atoms with Crippen molar-refractivity contribution in [2.24, 2.45) is 5.73 Å². The Morgan fingerprint density at radius 1 is 1.54 bits per heavy atom. The van der Waals surface area contributed by atoms with Crippen molar-refractivity contribution in [3.8, 4) is 0 Å². The minimum atomic E-state index is -0.118. The number of nitrogens with two attached hydrogens (primary N) is 1. The van der Waals surface area contributed by atoms with Crippen LogP contribution in [0.15, 0.2) is 24.5 Å². The minimum Gasteiger partial charge on any atom is -0.345 e. The summed E-state index contributed by atoms with van der Waals surface area (Å²) in [7, 11) is 1.84. The van der Waals surface area contributed by atoms with Crippen molar-refractivity contribution in [3.05, 3.63) is 30.1 Å². The van der Waals surface area contributed by atoms with Gasteiger partial charge in [0.2, 0.25) is 0 Å². The normalized spacial score (nSPS) is 13.4. The number of nitrogens with zero attached hydrogens (tertiary/aromatic N) is 1. The first-order chi connectivity index (χ1) is 6.31. The average Bonchev–Trinajstić information content (AvgIpc) is 2.63. The van der Waals surface area contributed by atoms with Crippen LogP contribution in [0.3, 0.4) is 0 Å². The number of imidazole rings is 1. The van der Waals surface area contributed by atoms with Crippen molar-refractivity contribution >= 4 is 11.0 Å². The van der Waals surface area contributed by atoms with E-state index in [2.05, 4.69) is 15.3 Å². The zero-order valence-corrected chi connectivity index (χ0v) is 7.41. The van der Waals surface area contributed by atoms with Crippen molar-refractivity contribution in [1.82, 2.24) is 15.3 Å². The summed E-state index contributed by atoms with van der Waals surface area (Å²) in [6.07, 6.45) is 1.56. The third-order valence-corrected chi connectivity index (χ3v) is 2.11. The third kappa shape index (κ3) is 1.41. The highest BCUT2D eigenvalue weighted by Gasteiger charge is 2.03. The van der Waals surface area contributed by atoms with Crippen LogP contribution >= 0.6 is 0 Å². The molecule has 0 aliphatic carbocycles. The molecule has 0 bridgehead atoms. The van der Waals surface area contributed by atoms with Gasteiger partial charge in [-0.15, -0.1) is 0 Å². The highest BCUT2D eigenvalue weighted by Crippen LogP contribution is 2.14. The van der Waals surface area contributed by atoms with E-state index in [-0.39, 0.29) is 6.17 Å². The zero-order valence-electron chi connectivity index (χ0n) is 7.41. The Hall–Kier alpha value is -1.39. The summed E-state index contributed by atoms with van der Waals surface area (Å²) in [6, 6.07) is 5.94. The number of fused-ring (bicyclic) bond motifs is 1. The lowest BCUT2D eigenvalue weighted by Gasteiger charge is -2.09. The molecule has 68 valence electrons. The second-order valence-electron chi connectivity index (χ2n) is 2.95. The molecule has 1 aromatic carbocycles. The fraction of sp³-hybridized carbons (Fsp3) is 0.222. The molecule has 0 saturated carbocycles. The molecule has 1 aromatic heterocycles. The Morgan fingerprint density at radius 2 is 2.38 bits per heavy atom. The first-order valence-corrected chi connectivity index (χ1v) is 4.17. The van der Waals surface area contributed by atoms with Gasteiger partial charge in [0.15, 0.2) is 0 Å². The lowest BCUT2D eigenvalue weighted by atomic mass is 10.1. The Bertz CT molecular complexity index is 407. The standard InChI is InChI=1S/C9H12N4/c1-11-9(10)6-2-3-7-8(4-6)13-5-12-7/h2-5,9,11H,10H2,1H3,(H,12,13). The molecule has 1 heterocycles. The molecule has 0 aliphatic heterocycles. The molecule has 0 amide bonds. The van der Waals surface area contributed by atoms with Gasteiger partial charge in [0.05, 0.1) is 23.5 Å². The smallest absolute Gasteiger partial charge is 0.0931 e. The zero-order chi connectivity index (χ0) is 9.26. The number of hydrogen-bond acceptors (Lipinski definition) is 3. The molecule has 0 fully saturated rings. The van der Waals surface area contributed by atoms with Gasteiger partial charge >= 0.3 is 0 Å². The van der Waals surface area contributed by atoms with Crippen LogP contribution in [-0.4, -0.2) is 17.0 Å². The maximum Gasteiger partial charge on any atom is 0.0931 e. The predicted molar refractivity (Wildman–Crippen MR) is 52.1 cm³/mol. The lowest BCUT2D eigenvalue weighted by molar-refractivity contribution is 0.623. The molecule has 0 saturated heterocycles. The van der Waals surface area contributed by atoms with E-state index in [0.29, 0.717) is 0 Å². The van der Waals surface area contributed by atoms with Gasteiger partial charge in [0, 0.05) is 0 Å². The molecule has 2 rings (SSSR count). The molecular formula is C9H12N4. The maximum atomic E-state index is 5.81. The van der Waals surface area contributed by atoms with Crippen molar-refractivity contribution in [1.29, 1.82) is 0 Å². The largest absolute Gasteiger partial charge is 0.345 e. The van der Waals surface area contributed by atoms with E-state index < -0.39 is 0 Å². The van der Waals surface area contributed by atoms with E-state index in [4.69, 9.17) is 5.73 Å². The van der Waals surface area contributed by atoms with Crippen LogP contribution in [0.2, 0.25) is 0 Å². The summed E-state index contributed by atoms with van der Waals surface area (Å²) >= 11 is 0. The number of aromatic nitrogens is 2. The van der Waals surface area contributed by atoms with E-state index in [1.165, 1.54) is 0 Å². The van der Waals surface area contributed by atoms with Gasteiger partial charge < -0.3 is 16.0 Å². The SMILES string of the molecule is CNC(N)c1ccc2nc[nH]c2c1. The summed E-state index contributed by atoms with van der Waals surface area (Å²) in [6.45, 7) is 0. The molecule has 4 nitrogen and oxygen atoms in total. The first kappa shape index (κ1) is 8.22. The minimum absolute atomic E-state index is 0.118. The topological polar surface area (TPSA) is 66.7 Å². The highest BCUT2D eigenvalue weighted by molar-refractivity contribution is 5.75. The van der Waals surface area contributed by atoms with Crippen LogP contribution in [0.4, 0.5) is 0 Å². The van der Waals surface area contributed by atoms with E-state index in [0.717, 1.165) is 16.6 Å². The first-order valence-electron chi connectivity index (χ1n) is 4.17. The van der Waals surface area contributed by atoms with E-state index in [1.807, 2.05) is 25.2 Å². The fourth-order valence-corrected chi connectivity index (χ4v) is 1.31. The molecule has 0 aliphatic rings. The van der Waals surface area contributed by atoms with Crippen molar-refractivity contribution in [2.75, 3.05) is 7.05 Å². The monoisotopic (exact) mass is 176 g/mol. The Labute approximate surface area is 76.2 Å². The summed E-state index contributed by atoms with van der Waals surface area (Å²) in [5.41, 5.74) is 8.85. The van der Waals surface area contributed by atoms with Crippen LogP contribution < -0.4 is 11.1 Å². The lowest BCUT2D eigenvalue weighted by Crippen LogP contribution is -2.24.